The van der Waals surface area contributed by atoms with Crippen molar-refractivity contribution in [1.29, 1.82) is 5.26 Å². The summed E-state index contributed by atoms with van der Waals surface area (Å²) in [6.45, 7) is 3.92. The van der Waals surface area contributed by atoms with Gasteiger partial charge in [0.1, 0.15) is 17.4 Å². The third-order valence-corrected chi connectivity index (χ3v) is 2.45. The maximum atomic E-state index is 11.8. The number of hydrogen-bond donors (Lipinski definition) is 0. The number of aryl methyl sites for hydroxylation is 1. The highest BCUT2D eigenvalue weighted by Crippen LogP contribution is 2.26. The minimum absolute atomic E-state index is 0.219. The van der Waals surface area contributed by atoms with E-state index in [0.717, 1.165) is 5.56 Å². The number of carbonyl (C=O) groups excluding carboxylic acids is 1. The molecule has 1 aromatic rings. The zero-order chi connectivity index (χ0) is 12.8. The fourth-order valence-electron chi connectivity index (χ4n) is 1.63. The quantitative estimate of drug-likeness (QED) is 0.749. The summed E-state index contributed by atoms with van der Waals surface area (Å²) in [5.41, 5.74) is 1.37. The first-order valence-corrected chi connectivity index (χ1v) is 5.46. The first-order valence-electron chi connectivity index (χ1n) is 5.46. The number of carbonyl (C=O) groups is 1. The smallest absolute Gasteiger partial charge is 0.343 e. The van der Waals surface area contributed by atoms with Gasteiger partial charge in [0.05, 0.1) is 19.3 Å². The predicted octanol–water partition coefficient (Wildman–Crippen LogP) is 2.31. The van der Waals surface area contributed by atoms with E-state index in [1.165, 1.54) is 7.11 Å². The highest BCUT2D eigenvalue weighted by Gasteiger charge is 2.20. The lowest BCUT2D eigenvalue weighted by Crippen LogP contribution is -2.10. The first-order chi connectivity index (χ1) is 8.19. The van der Waals surface area contributed by atoms with Crippen LogP contribution in [0.3, 0.4) is 0 Å². The van der Waals surface area contributed by atoms with E-state index < -0.39 is 5.97 Å². The Hall–Kier alpha value is -2.02. The number of rotatable bonds is 4. The Balaban J connectivity index is 3.41. The van der Waals surface area contributed by atoms with Gasteiger partial charge in [0.25, 0.3) is 0 Å². The molecule has 0 amide bonds. The highest BCUT2D eigenvalue weighted by molar-refractivity contribution is 5.95. The van der Waals surface area contributed by atoms with Crippen LogP contribution in [-0.4, -0.2) is 19.7 Å². The minimum atomic E-state index is -0.517. The molecule has 4 heteroatoms. The van der Waals surface area contributed by atoms with Gasteiger partial charge in [-0.15, -0.1) is 0 Å². The molecule has 90 valence electrons. The topological polar surface area (TPSA) is 59.3 Å². The molecule has 0 spiro atoms. The van der Waals surface area contributed by atoms with Crippen molar-refractivity contribution in [3.8, 4) is 11.8 Å². The third-order valence-electron chi connectivity index (χ3n) is 2.45. The number of nitriles is 1. The number of nitrogens with zero attached hydrogens (tertiary/aromatic N) is 1. The van der Waals surface area contributed by atoms with Gasteiger partial charge in [-0.25, -0.2) is 4.79 Å². The van der Waals surface area contributed by atoms with E-state index in [9.17, 15) is 4.79 Å². The fourth-order valence-corrected chi connectivity index (χ4v) is 1.63. The fraction of sp³-hybridized carbons (Fsp3) is 0.385. The van der Waals surface area contributed by atoms with Crippen molar-refractivity contribution >= 4 is 5.97 Å². The Bertz CT molecular complexity index is 460. The normalized spacial score (nSPS) is 9.53. The van der Waals surface area contributed by atoms with Gasteiger partial charge in [-0.3, -0.25) is 0 Å². The zero-order valence-corrected chi connectivity index (χ0v) is 10.2. The summed E-state index contributed by atoms with van der Waals surface area (Å²) in [5.74, 6) is -0.145. The van der Waals surface area contributed by atoms with Crippen LogP contribution in [0.2, 0.25) is 0 Å². The molecule has 1 rings (SSSR count). The van der Waals surface area contributed by atoms with Crippen LogP contribution >= 0.6 is 0 Å². The molecule has 0 fully saturated rings. The Morgan fingerprint density at radius 1 is 1.41 bits per heavy atom. The van der Waals surface area contributed by atoms with Crippen molar-refractivity contribution in [2.45, 2.75) is 20.3 Å². The van der Waals surface area contributed by atoms with Gasteiger partial charge in [0.2, 0.25) is 0 Å². The van der Waals surface area contributed by atoms with Gasteiger partial charge < -0.3 is 9.47 Å². The van der Waals surface area contributed by atoms with Crippen LogP contribution in [0.4, 0.5) is 0 Å². The Kier molecular flexibility index (Phi) is 4.53. The first kappa shape index (κ1) is 13.0. The molecular weight excluding hydrogens is 218 g/mol. The van der Waals surface area contributed by atoms with Gasteiger partial charge in [0, 0.05) is 0 Å². The molecule has 1 aromatic carbocycles. The van der Waals surface area contributed by atoms with E-state index in [0.29, 0.717) is 17.7 Å². The second kappa shape index (κ2) is 5.90. The van der Waals surface area contributed by atoms with Crippen LogP contribution < -0.4 is 4.74 Å². The van der Waals surface area contributed by atoms with E-state index in [1.54, 1.807) is 19.1 Å². The van der Waals surface area contributed by atoms with Crippen LogP contribution in [-0.2, 0) is 11.2 Å². The molecule has 0 aliphatic rings. The highest BCUT2D eigenvalue weighted by atomic mass is 16.5. The predicted molar refractivity (Wildman–Crippen MR) is 63.0 cm³/mol. The summed E-state index contributed by atoms with van der Waals surface area (Å²) in [6, 6.07) is 5.53. The summed E-state index contributed by atoms with van der Waals surface area (Å²) in [7, 11) is 1.46. The Labute approximate surface area is 101 Å². The molecule has 0 aliphatic heterocycles. The SMILES string of the molecule is CCOC(=O)c1c(OC)ccc(CC)c1C#N. The zero-order valence-electron chi connectivity index (χ0n) is 10.2. The van der Waals surface area contributed by atoms with Crippen molar-refractivity contribution in [2.75, 3.05) is 13.7 Å². The van der Waals surface area contributed by atoms with Crippen LogP contribution in [0.15, 0.2) is 12.1 Å². The van der Waals surface area contributed by atoms with Crippen LogP contribution in [0.5, 0.6) is 5.75 Å². The average Bonchev–Trinajstić information content (AvgIpc) is 2.36. The van der Waals surface area contributed by atoms with Crippen LogP contribution in [0.25, 0.3) is 0 Å². The van der Waals surface area contributed by atoms with E-state index in [-0.39, 0.29) is 12.2 Å². The molecular formula is C13H15NO3. The number of methoxy groups -OCH3 is 1. The summed E-state index contributed by atoms with van der Waals surface area (Å²) in [6.07, 6.45) is 0.680. The molecule has 0 aliphatic carbocycles. The van der Waals surface area contributed by atoms with Gasteiger partial charge >= 0.3 is 5.97 Å². The van der Waals surface area contributed by atoms with E-state index >= 15 is 0 Å². The minimum Gasteiger partial charge on any atom is -0.496 e. The number of esters is 1. The van der Waals surface area contributed by atoms with E-state index in [4.69, 9.17) is 14.7 Å². The summed E-state index contributed by atoms with van der Waals surface area (Å²) in [4.78, 5) is 11.8. The maximum Gasteiger partial charge on any atom is 0.343 e. The van der Waals surface area contributed by atoms with Crippen molar-refractivity contribution in [3.05, 3.63) is 28.8 Å². The van der Waals surface area contributed by atoms with Gasteiger partial charge in [-0.2, -0.15) is 5.26 Å². The summed E-state index contributed by atoms with van der Waals surface area (Å²) in [5, 5.41) is 9.15. The van der Waals surface area contributed by atoms with Gasteiger partial charge in [-0.05, 0) is 25.0 Å². The van der Waals surface area contributed by atoms with Crippen molar-refractivity contribution < 1.29 is 14.3 Å². The molecule has 0 radical (unpaired) electrons. The maximum absolute atomic E-state index is 11.8. The molecule has 0 saturated carbocycles. The lowest BCUT2D eigenvalue weighted by Gasteiger charge is -2.11. The second-order valence-electron chi connectivity index (χ2n) is 3.36. The Morgan fingerprint density at radius 3 is 2.59 bits per heavy atom. The second-order valence-corrected chi connectivity index (χ2v) is 3.36. The van der Waals surface area contributed by atoms with E-state index in [2.05, 4.69) is 0 Å². The van der Waals surface area contributed by atoms with E-state index in [1.807, 2.05) is 13.0 Å². The molecule has 0 N–H and O–H groups in total. The molecule has 0 aromatic heterocycles. The molecule has 4 nitrogen and oxygen atoms in total. The third kappa shape index (κ3) is 2.56. The van der Waals surface area contributed by atoms with Crippen molar-refractivity contribution in [2.24, 2.45) is 0 Å². The number of hydrogen-bond acceptors (Lipinski definition) is 4. The molecule has 0 atom stereocenters. The van der Waals surface area contributed by atoms with Gasteiger partial charge in [-0.1, -0.05) is 13.0 Å². The number of ether oxygens (including phenoxy) is 2. The molecule has 0 bridgehead atoms. The molecule has 0 saturated heterocycles. The molecule has 17 heavy (non-hydrogen) atoms. The number of benzene rings is 1. The average molecular weight is 233 g/mol. The molecule has 0 heterocycles. The summed E-state index contributed by atoms with van der Waals surface area (Å²) < 4.78 is 10.0. The van der Waals surface area contributed by atoms with Crippen molar-refractivity contribution in [1.82, 2.24) is 0 Å². The molecule has 0 unspecified atom stereocenters. The van der Waals surface area contributed by atoms with Crippen molar-refractivity contribution in [3.63, 3.8) is 0 Å². The van der Waals surface area contributed by atoms with Gasteiger partial charge in [0.15, 0.2) is 0 Å². The largest absolute Gasteiger partial charge is 0.496 e. The lowest BCUT2D eigenvalue weighted by atomic mass is 9.99. The Morgan fingerprint density at radius 2 is 2.12 bits per heavy atom. The lowest BCUT2D eigenvalue weighted by molar-refractivity contribution is 0.0522. The standard InChI is InChI=1S/C13H15NO3/c1-4-9-6-7-11(16-3)12(10(9)8-14)13(15)17-5-2/h6-7H,4-5H2,1-3H3. The van der Waals surface area contributed by atoms with Crippen LogP contribution in [0.1, 0.15) is 35.3 Å². The summed E-state index contributed by atoms with van der Waals surface area (Å²) >= 11 is 0. The van der Waals surface area contributed by atoms with Crippen LogP contribution in [0, 0.1) is 11.3 Å². The monoisotopic (exact) mass is 233 g/mol.